The van der Waals surface area contributed by atoms with Gasteiger partial charge in [-0.05, 0) is 144 Å². The molecule has 0 amide bonds. The Morgan fingerprint density at radius 2 is 0.632 bits per heavy atom. The predicted molar refractivity (Wildman–Crippen MR) is 273 cm³/mol. The van der Waals surface area contributed by atoms with Gasteiger partial charge < -0.3 is 40.4 Å². The molecule has 6 N–H and O–H groups in total. The number of para-hydroxylation sites is 6. The Labute approximate surface area is 402 Å². The summed E-state index contributed by atoms with van der Waals surface area (Å²) in [4.78, 5) is 4.68. The first-order chi connectivity index (χ1) is 32.9. The number of hydrogen-bond acceptors (Lipinski definition) is 8. The van der Waals surface area contributed by atoms with Gasteiger partial charge in [-0.1, -0.05) is 146 Å². The topological polar surface area (TPSA) is 128 Å². The number of allylic oxidation sites excluding steroid dienone is 3. The smallest absolute Gasteiger partial charge is 0.122 e. The minimum absolute atomic E-state index is 0.257. The molecule has 6 aromatic rings. The van der Waals surface area contributed by atoms with E-state index in [1.54, 1.807) is 0 Å². The molecule has 6 aromatic carbocycles. The van der Waals surface area contributed by atoms with Crippen LogP contribution in [-0.4, -0.2) is 79.7 Å². The van der Waals surface area contributed by atoms with Crippen LogP contribution in [0.4, 0.5) is 0 Å². The van der Waals surface area contributed by atoms with Crippen LogP contribution in [0.1, 0.15) is 66.8 Å². The van der Waals surface area contributed by atoms with Crippen LogP contribution in [0.15, 0.2) is 146 Å². The fraction of sp³-hybridized carbons (Fsp3) is 0.300. The van der Waals surface area contributed by atoms with Crippen molar-refractivity contribution >= 4 is 0 Å². The van der Waals surface area contributed by atoms with Crippen LogP contribution in [0.3, 0.4) is 0 Å². The Bertz CT molecular complexity index is 2500. The molecule has 8 nitrogen and oxygen atoms in total. The Balaban J connectivity index is 0.913. The summed E-state index contributed by atoms with van der Waals surface area (Å²) in [6.07, 6.45) is 6.92. The van der Waals surface area contributed by atoms with Crippen molar-refractivity contribution in [3.63, 3.8) is 0 Å². The number of nitrogens with zero attached hydrogens (tertiary/aromatic N) is 2. The zero-order valence-corrected chi connectivity index (χ0v) is 39.3. The Morgan fingerprint density at radius 1 is 0.368 bits per heavy atom. The zero-order valence-electron chi connectivity index (χ0n) is 39.3. The van der Waals surface area contributed by atoms with E-state index in [1.165, 1.54) is 0 Å². The van der Waals surface area contributed by atoms with Crippen molar-refractivity contribution in [1.29, 1.82) is 0 Å². The third-order valence-corrected chi connectivity index (χ3v) is 14.0. The summed E-state index contributed by atoms with van der Waals surface area (Å²) in [6.45, 7) is 17.1. The van der Waals surface area contributed by atoms with E-state index in [0.29, 0.717) is 139 Å². The van der Waals surface area contributed by atoms with Crippen molar-refractivity contribution in [2.45, 2.75) is 77.0 Å². The van der Waals surface area contributed by atoms with E-state index in [0.717, 1.165) is 83.5 Å². The van der Waals surface area contributed by atoms with Crippen LogP contribution in [0.5, 0.6) is 34.5 Å². The molecule has 2 heterocycles. The first-order valence-corrected chi connectivity index (χ1v) is 24.1. The number of aromatic hydroxyl groups is 6. The maximum Gasteiger partial charge on any atom is 0.122 e. The molecule has 8 bridgehead atoms. The van der Waals surface area contributed by atoms with E-state index < -0.39 is 0 Å². The van der Waals surface area contributed by atoms with Crippen molar-refractivity contribution in [1.82, 2.24) is 9.80 Å². The molecule has 2 aliphatic rings. The fourth-order valence-corrected chi connectivity index (χ4v) is 10.1. The van der Waals surface area contributed by atoms with Crippen molar-refractivity contribution in [2.75, 3.05) is 39.3 Å². The molecule has 352 valence electrons. The average molecular weight is 911 g/mol. The summed E-state index contributed by atoms with van der Waals surface area (Å²) in [7, 11) is 0. The van der Waals surface area contributed by atoms with Gasteiger partial charge in [0.1, 0.15) is 34.5 Å². The summed E-state index contributed by atoms with van der Waals surface area (Å²) in [6, 6.07) is 35.4. The van der Waals surface area contributed by atoms with E-state index in [-0.39, 0.29) is 11.5 Å². The molecular formula is C60H66N2O6. The van der Waals surface area contributed by atoms with Crippen LogP contribution in [0.25, 0.3) is 0 Å². The highest BCUT2D eigenvalue weighted by Crippen LogP contribution is 2.34. The second-order valence-corrected chi connectivity index (χ2v) is 19.0. The number of rotatable bonds is 10. The molecule has 0 radical (unpaired) electrons. The van der Waals surface area contributed by atoms with Crippen LogP contribution in [0.2, 0.25) is 0 Å². The van der Waals surface area contributed by atoms with E-state index in [9.17, 15) is 30.6 Å². The van der Waals surface area contributed by atoms with Crippen molar-refractivity contribution < 1.29 is 30.6 Å². The Kier molecular flexibility index (Phi) is 15.4. The van der Waals surface area contributed by atoms with Gasteiger partial charge in [-0.2, -0.15) is 0 Å². The lowest BCUT2D eigenvalue weighted by atomic mass is 9.94. The number of fused-ring (bicyclic) bond motifs is 8. The molecule has 0 unspecified atom stereocenters. The molecule has 0 spiro atoms. The normalized spacial score (nSPS) is 15.4. The van der Waals surface area contributed by atoms with Crippen molar-refractivity contribution in [3.05, 3.63) is 212 Å². The number of phenols is 6. The van der Waals surface area contributed by atoms with Crippen molar-refractivity contribution in [3.8, 4) is 34.5 Å². The van der Waals surface area contributed by atoms with Crippen LogP contribution >= 0.6 is 0 Å². The minimum atomic E-state index is 0.257. The highest BCUT2D eigenvalue weighted by atomic mass is 16.3. The van der Waals surface area contributed by atoms with Crippen LogP contribution in [0, 0.1) is 0 Å². The van der Waals surface area contributed by atoms with Gasteiger partial charge in [0.15, 0.2) is 0 Å². The van der Waals surface area contributed by atoms with Gasteiger partial charge in [0, 0.05) is 39.3 Å². The molecule has 0 fully saturated rings. The number of hydrogen-bond donors (Lipinski definition) is 6. The summed E-state index contributed by atoms with van der Waals surface area (Å²) in [5.41, 5.74) is 13.0. The standard InChI is InChI=1S/C60H66N2O6/c1-40-34-49-16-4-10-43(55(49)63)22-28-61(29-23-44-11-5-17-50(35-40)56(44)64)32-26-47-14-8-20-53(59(47)67)38-42(3)39-54-21-9-15-48(60(54)68)27-33-62-30-24-45-12-6-18-51(57(45)65)36-41(2)37-52-19-7-13-46(25-31-62)58(52)66/h4-21,63-68H,1-3,22-39H2. The fourth-order valence-electron chi connectivity index (χ4n) is 10.1. The lowest BCUT2D eigenvalue weighted by molar-refractivity contribution is 0.280. The second kappa shape index (κ2) is 21.9. The lowest BCUT2D eigenvalue weighted by Crippen LogP contribution is -2.30. The van der Waals surface area contributed by atoms with E-state index in [2.05, 4.69) is 29.5 Å². The molecule has 2 aliphatic heterocycles. The van der Waals surface area contributed by atoms with E-state index in [4.69, 9.17) is 0 Å². The van der Waals surface area contributed by atoms with Crippen LogP contribution < -0.4 is 0 Å². The summed E-state index contributed by atoms with van der Waals surface area (Å²) in [5.74, 6) is 1.75. The van der Waals surface area contributed by atoms with E-state index in [1.807, 2.05) is 109 Å². The zero-order chi connectivity index (χ0) is 47.7. The number of phenolic OH excluding ortho intramolecular Hbond substituents is 6. The lowest BCUT2D eigenvalue weighted by Gasteiger charge is -2.24. The Morgan fingerprint density at radius 3 is 0.941 bits per heavy atom. The first-order valence-electron chi connectivity index (χ1n) is 24.1. The van der Waals surface area contributed by atoms with Gasteiger partial charge >= 0.3 is 0 Å². The third-order valence-electron chi connectivity index (χ3n) is 14.0. The first kappa shape index (κ1) is 47.7. The SMILES string of the molecule is C=C(Cc1cccc(CCN2CCc3cccc(c3O)CC(=C)Cc3cccc(c3O)CC2)c1O)Cc1cccc(CCN2CCc3cccc(c3O)CC(=C)Cc3cccc(c3O)CC2)c1O. The van der Waals surface area contributed by atoms with Gasteiger partial charge in [0.2, 0.25) is 0 Å². The maximum absolute atomic E-state index is 11.6. The quantitative estimate of drug-likeness (QED) is 0.0751. The monoisotopic (exact) mass is 910 g/mol. The highest BCUT2D eigenvalue weighted by molar-refractivity contribution is 5.49. The maximum atomic E-state index is 11.6. The summed E-state index contributed by atoms with van der Waals surface area (Å²) < 4.78 is 0. The molecule has 0 saturated carbocycles. The summed E-state index contributed by atoms with van der Waals surface area (Å²) in [5, 5.41) is 68.2. The van der Waals surface area contributed by atoms with Gasteiger partial charge in [-0.15, -0.1) is 0 Å². The largest absolute Gasteiger partial charge is 0.507 e. The molecule has 0 aromatic heterocycles. The van der Waals surface area contributed by atoms with Gasteiger partial charge in [0.25, 0.3) is 0 Å². The van der Waals surface area contributed by atoms with E-state index >= 15 is 0 Å². The molecule has 0 saturated heterocycles. The van der Waals surface area contributed by atoms with Gasteiger partial charge in [-0.3, -0.25) is 0 Å². The van der Waals surface area contributed by atoms with Crippen molar-refractivity contribution in [2.24, 2.45) is 0 Å². The predicted octanol–water partition coefficient (Wildman–Crippen LogP) is 10.2. The number of benzene rings is 6. The third kappa shape index (κ3) is 11.7. The highest BCUT2D eigenvalue weighted by Gasteiger charge is 2.20. The molecule has 0 atom stereocenters. The average Bonchev–Trinajstić information content (AvgIpc) is 3.31. The van der Waals surface area contributed by atoms with Crippen LogP contribution in [-0.2, 0) is 77.0 Å². The van der Waals surface area contributed by atoms with Gasteiger partial charge in [0.05, 0.1) is 0 Å². The molecule has 68 heavy (non-hydrogen) atoms. The molecule has 8 rings (SSSR count). The Hall–Kier alpha value is -6.74. The molecular weight excluding hydrogens is 845 g/mol. The second-order valence-electron chi connectivity index (χ2n) is 19.0. The minimum Gasteiger partial charge on any atom is -0.507 e. The summed E-state index contributed by atoms with van der Waals surface area (Å²) >= 11 is 0. The van der Waals surface area contributed by atoms with Gasteiger partial charge in [-0.25, -0.2) is 0 Å². The molecule has 0 aliphatic carbocycles. The molecule has 8 heteroatoms.